The first-order valence-corrected chi connectivity index (χ1v) is 11.0. The van der Waals surface area contributed by atoms with Gasteiger partial charge < -0.3 is 25.2 Å². The molecule has 1 aromatic rings. The number of rotatable bonds is 13. The van der Waals surface area contributed by atoms with Gasteiger partial charge >= 0.3 is 30.0 Å². The highest BCUT2D eigenvalue weighted by molar-refractivity contribution is 5.84. The maximum atomic E-state index is 12.6. The number of nitro groups is 1. The van der Waals surface area contributed by atoms with Gasteiger partial charge in [-0.15, -0.1) is 0 Å². The Bertz CT molecular complexity index is 1020. The van der Waals surface area contributed by atoms with Gasteiger partial charge in [-0.1, -0.05) is 0 Å². The Hall–Kier alpha value is -4.35. The molecule has 0 bridgehead atoms. The third-order valence-corrected chi connectivity index (χ3v) is 5.61. The lowest BCUT2D eigenvalue weighted by atomic mass is 9.96. The molecule has 1 aliphatic rings. The van der Waals surface area contributed by atoms with Crippen LogP contribution < -0.4 is 5.32 Å². The number of anilines is 1. The molecule has 1 fully saturated rings. The van der Waals surface area contributed by atoms with Crippen molar-refractivity contribution in [2.75, 3.05) is 64.3 Å². The average Bonchev–Trinajstić information content (AvgIpc) is 2.96. The number of non-ortho nitro benzene ring substituents is 1. The summed E-state index contributed by atoms with van der Waals surface area (Å²) in [6.07, 6.45) is -1.07. The molecule has 0 radical (unpaired) electrons. The minimum atomic E-state index is -1.65. The zero-order valence-corrected chi connectivity index (χ0v) is 20.0. The van der Waals surface area contributed by atoms with E-state index in [4.69, 9.17) is 4.74 Å². The van der Waals surface area contributed by atoms with Gasteiger partial charge in [-0.2, -0.15) is 0 Å². The number of carboxylic acid groups (broad SMARTS) is 4. The van der Waals surface area contributed by atoms with Gasteiger partial charge in [0.05, 0.1) is 36.6 Å². The third kappa shape index (κ3) is 9.26. The summed E-state index contributed by atoms with van der Waals surface area (Å²) < 4.78 is 5.31. The van der Waals surface area contributed by atoms with E-state index in [1.807, 2.05) is 0 Å². The lowest BCUT2D eigenvalue weighted by Crippen LogP contribution is -2.64. The van der Waals surface area contributed by atoms with Crippen LogP contribution in [0.5, 0.6) is 0 Å². The Morgan fingerprint density at radius 3 is 1.76 bits per heavy atom. The van der Waals surface area contributed by atoms with Crippen molar-refractivity contribution in [2.45, 2.75) is 5.54 Å². The number of nitro benzene ring substituents is 1. The highest BCUT2D eigenvalue weighted by atomic mass is 16.6. The highest BCUT2D eigenvalue weighted by Gasteiger charge is 2.45. The lowest BCUT2D eigenvalue weighted by Gasteiger charge is -2.44. The van der Waals surface area contributed by atoms with Crippen LogP contribution in [-0.4, -0.2) is 135 Å². The number of hydrogen-bond donors (Lipinski definition) is 5. The highest BCUT2D eigenvalue weighted by Crippen LogP contribution is 2.24. The van der Waals surface area contributed by atoms with Crippen LogP contribution >= 0.6 is 0 Å². The van der Waals surface area contributed by atoms with Crippen molar-refractivity contribution in [1.82, 2.24) is 14.7 Å². The smallest absolute Gasteiger partial charge is 0.411 e. The van der Waals surface area contributed by atoms with Crippen LogP contribution in [0.2, 0.25) is 0 Å². The number of amides is 1. The van der Waals surface area contributed by atoms with Crippen LogP contribution in [0.25, 0.3) is 0 Å². The Morgan fingerprint density at radius 2 is 1.37 bits per heavy atom. The summed E-state index contributed by atoms with van der Waals surface area (Å²) in [6, 6.07) is 4.76. The van der Waals surface area contributed by atoms with Crippen LogP contribution in [0.15, 0.2) is 24.3 Å². The molecule has 0 unspecified atom stereocenters. The van der Waals surface area contributed by atoms with Crippen molar-refractivity contribution in [3.8, 4) is 0 Å². The van der Waals surface area contributed by atoms with Crippen LogP contribution in [-0.2, 0) is 23.9 Å². The van der Waals surface area contributed by atoms with Crippen LogP contribution in [0, 0.1) is 10.1 Å². The predicted molar refractivity (Wildman–Crippen MR) is 126 cm³/mol. The average molecular weight is 541 g/mol. The van der Waals surface area contributed by atoms with Gasteiger partial charge in [-0.3, -0.25) is 49.3 Å². The van der Waals surface area contributed by atoms with Crippen molar-refractivity contribution < 1.29 is 54.1 Å². The van der Waals surface area contributed by atoms with Crippen molar-refractivity contribution in [3.05, 3.63) is 34.4 Å². The number of carboxylic acids is 4. The Kier molecular flexibility index (Phi) is 10.4. The van der Waals surface area contributed by atoms with Gasteiger partial charge in [-0.25, -0.2) is 4.79 Å². The quantitative estimate of drug-likeness (QED) is 0.151. The van der Waals surface area contributed by atoms with Crippen molar-refractivity contribution in [3.63, 3.8) is 0 Å². The molecule has 1 saturated heterocycles. The molecule has 1 heterocycles. The van der Waals surface area contributed by atoms with E-state index in [1.165, 1.54) is 21.9 Å². The summed E-state index contributed by atoms with van der Waals surface area (Å²) >= 11 is 0. The van der Waals surface area contributed by atoms with E-state index in [1.54, 1.807) is 0 Å². The first-order chi connectivity index (χ1) is 17.8. The topological polar surface area (TPSA) is 240 Å². The molecule has 38 heavy (non-hydrogen) atoms. The molecule has 17 nitrogen and oxygen atoms in total. The predicted octanol–water partition coefficient (Wildman–Crippen LogP) is -0.860. The fraction of sp³-hybridized carbons (Fsp3) is 0.476. The monoisotopic (exact) mass is 541 g/mol. The van der Waals surface area contributed by atoms with E-state index in [9.17, 15) is 54.5 Å². The standard InChI is InChI=1S/C21H27N5O12/c27-16(28)7-23-5-6-24(8-17(29)30)12-21(11-23,25(9-18(31)32)10-19(33)34)13-38-20(35)22-14-1-3-15(4-2-14)26(36)37/h1-4H,5-13H2,(H,22,35)(H,27,28)(H,29,30)(H,31,32)(H,33,34). The van der Waals surface area contributed by atoms with Crippen molar-refractivity contribution in [1.29, 1.82) is 0 Å². The molecule has 1 aromatic carbocycles. The second kappa shape index (κ2) is 13.3. The lowest BCUT2D eigenvalue weighted by molar-refractivity contribution is -0.384. The number of carbonyl (C=O) groups is 5. The largest absolute Gasteiger partial charge is 0.480 e. The number of carbonyl (C=O) groups excluding carboxylic acids is 1. The number of nitrogens with one attached hydrogen (secondary N) is 1. The first-order valence-electron chi connectivity index (χ1n) is 11.0. The molecular weight excluding hydrogens is 514 g/mol. The zero-order chi connectivity index (χ0) is 28.5. The summed E-state index contributed by atoms with van der Waals surface area (Å²) in [6.45, 7) is -3.75. The molecule has 0 aliphatic carbocycles. The second-order valence-corrected chi connectivity index (χ2v) is 8.58. The maximum Gasteiger partial charge on any atom is 0.411 e. The first kappa shape index (κ1) is 29.9. The second-order valence-electron chi connectivity index (χ2n) is 8.58. The molecule has 0 atom stereocenters. The molecule has 208 valence electrons. The molecule has 1 aliphatic heterocycles. The molecule has 2 rings (SSSR count). The number of aliphatic carboxylic acids is 4. The van der Waals surface area contributed by atoms with E-state index in [2.05, 4.69) is 5.32 Å². The number of ether oxygens (including phenoxy) is 1. The van der Waals surface area contributed by atoms with Gasteiger partial charge in [0.1, 0.15) is 6.61 Å². The van der Waals surface area contributed by atoms with Crippen LogP contribution in [0.4, 0.5) is 16.2 Å². The Labute approximate surface area is 214 Å². The van der Waals surface area contributed by atoms with E-state index >= 15 is 0 Å². The summed E-state index contributed by atoms with van der Waals surface area (Å²) in [5.74, 6) is -5.30. The molecule has 0 spiro atoms. The number of hydrogen-bond acceptors (Lipinski definition) is 11. The maximum absolute atomic E-state index is 12.6. The van der Waals surface area contributed by atoms with Crippen molar-refractivity contribution in [2.24, 2.45) is 0 Å². The molecular formula is C21H27N5O12. The fourth-order valence-electron chi connectivity index (χ4n) is 4.10. The SMILES string of the molecule is O=C(O)CN1CCN(CC(=O)O)CC(COC(=O)Nc2ccc([N+](=O)[O-])cc2)(N(CC(=O)O)CC(=O)O)C1. The number of nitrogens with zero attached hydrogens (tertiary/aromatic N) is 4. The van der Waals surface area contributed by atoms with Gasteiger partial charge in [-0.05, 0) is 12.1 Å². The van der Waals surface area contributed by atoms with Crippen molar-refractivity contribution >= 4 is 41.3 Å². The Balaban J connectivity index is 2.39. The molecule has 0 aromatic heterocycles. The van der Waals surface area contributed by atoms with Gasteiger partial charge in [0.15, 0.2) is 0 Å². The van der Waals surface area contributed by atoms with E-state index < -0.39 is 73.2 Å². The number of benzene rings is 1. The zero-order valence-electron chi connectivity index (χ0n) is 20.0. The van der Waals surface area contributed by atoms with E-state index in [-0.39, 0.29) is 37.6 Å². The minimum absolute atomic E-state index is 0.0598. The molecule has 5 N–H and O–H groups in total. The summed E-state index contributed by atoms with van der Waals surface area (Å²) in [5, 5.41) is 50.7. The summed E-state index contributed by atoms with van der Waals surface area (Å²) in [5.41, 5.74) is -1.75. The van der Waals surface area contributed by atoms with Gasteiger partial charge in [0.25, 0.3) is 5.69 Å². The summed E-state index contributed by atoms with van der Waals surface area (Å²) in [4.78, 5) is 72.5. The Morgan fingerprint density at radius 1 is 0.895 bits per heavy atom. The van der Waals surface area contributed by atoms with Gasteiger partial charge in [0.2, 0.25) is 0 Å². The normalized spacial score (nSPS) is 15.8. The third-order valence-electron chi connectivity index (χ3n) is 5.61. The molecule has 17 heteroatoms. The van der Waals surface area contributed by atoms with E-state index in [0.29, 0.717) is 0 Å². The van der Waals surface area contributed by atoms with Crippen LogP contribution in [0.1, 0.15) is 0 Å². The van der Waals surface area contributed by atoms with E-state index in [0.717, 1.165) is 17.0 Å². The molecule has 1 amide bonds. The summed E-state index contributed by atoms with van der Waals surface area (Å²) in [7, 11) is 0. The molecule has 0 saturated carbocycles. The van der Waals surface area contributed by atoms with Crippen LogP contribution in [0.3, 0.4) is 0 Å². The fourth-order valence-corrected chi connectivity index (χ4v) is 4.10. The minimum Gasteiger partial charge on any atom is -0.480 e. The van der Waals surface area contributed by atoms with Gasteiger partial charge in [0, 0.05) is 44.0 Å².